The Bertz CT molecular complexity index is 1180. The van der Waals surface area contributed by atoms with Crippen LogP contribution in [-0.4, -0.2) is 29.6 Å². The number of hydrogen-bond donors (Lipinski definition) is 0. The van der Waals surface area contributed by atoms with Crippen LogP contribution in [0.5, 0.6) is 5.75 Å². The number of amides is 1. The van der Waals surface area contributed by atoms with Crippen molar-refractivity contribution in [1.29, 1.82) is 0 Å². The maximum Gasteiger partial charge on any atom is 0.266 e. The van der Waals surface area contributed by atoms with Gasteiger partial charge in [-0.05, 0) is 59.7 Å². The standard InChI is InChI=1S/C26H26N2O2S/c1-17(2)16-28-25(29)24(31-26(28)27-20-12-9-18(3)10-13-20)15-22-21-8-6-5-7-19(21)11-14-23(22)30-4/h5-15,17H,16H2,1-4H3/b24-15+,27-26?. The second-order valence-corrected chi connectivity index (χ2v) is 9.06. The van der Waals surface area contributed by atoms with Gasteiger partial charge in [-0.1, -0.05) is 61.9 Å². The first-order valence-electron chi connectivity index (χ1n) is 10.4. The quantitative estimate of drug-likeness (QED) is 0.439. The van der Waals surface area contributed by atoms with Crippen LogP contribution in [0.15, 0.2) is 70.6 Å². The molecule has 0 bridgehead atoms. The minimum absolute atomic E-state index is 0.0143. The Kier molecular flexibility index (Phi) is 6.14. The normalized spacial score (nSPS) is 16.8. The lowest BCUT2D eigenvalue weighted by atomic mass is 10.0. The summed E-state index contributed by atoms with van der Waals surface area (Å²) in [6, 6.07) is 20.2. The van der Waals surface area contributed by atoms with Gasteiger partial charge < -0.3 is 4.74 Å². The summed E-state index contributed by atoms with van der Waals surface area (Å²) >= 11 is 1.42. The average molecular weight is 431 g/mol. The first kappa shape index (κ1) is 21.2. The number of ether oxygens (including phenoxy) is 1. The molecule has 1 aliphatic rings. The highest BCUT2D eigenvalue weighted by molar-refractivity contribution is 8.18. The van der Waals surface area contributed by atoms with Gasteiger partial charge in [0.2, 0.25) is 0 Å². The first-order valence-corrected chi connectivity index (χ1v) is 11.2. The van der Waals surface area contributed by atoms with Gasteiger partial charge in [-0.15, -0.1) is 0 Å². The van der Waals surface area contributed by atoms with E-state index in [0.717, 1.165) is 27.8 Å². The summed E-state index contributed by atoms with van der Waals surface area (Å²) in [6.45, 7) is 6.89. The molecular formula is C26H26N2O2S. The first-order chi connectivity index (χ1) is 15.0. The molecule has 1 aliphatic heterocycles. The number of methoxy groups -OCH3 is 1. The fourth-order valence-electron chi connectivity index (χ4n) is 3.58. The molecule has 158 valence electrons. The Hall–Kier alpha value is -3.05. The van der Waals surface area contributed by atoms with E-state index in [1.54, 1.807) is 12.0 Å². The molecule has 0 atom stereocenters. The molecule has 31 heavy (non-hydrogen) atoms. The summed E-state index contributed by atoms with van der Waals surface area (Å²) < 4.78 is 5.62. The van der Waals surface area contributed by atoms with E-state index < -0.39 is 0 Å². The van der Waals surface area contributed by atoms with Crippen LogP contribution >= 0.6 is 11.8 Å². The van der Waals surface area contributed by atoms with Gasteiger partial charge in [0.25, 0.3) is 5.91 Å². The Morgan fingerprint density at radius 2 is 1.81 bits per heavy atom. The minimum Gasteiger partial charge on any atom is -0.496 e. The molecule has 0 radical (unpaired) electrons. The van der Waals surface area contributed by atoms with E-state index in [1.165, 1.54) is 17.3 Å². The van der Waals surface area contributed by atoms with Crippen molar-refractivity contribution in [2.75, 3.05) is 13.7 Å². The third-order valence-electron chi connectivity index (χ3n) is 5.12. The molecule has 3 aromatic carbocycles. The fourth-order valence-corrected chi connectivity index (χ4v) is 4.57. The maximum atomic E-state index is 13.4. The summed E-state index contributed by atoms with van der Waals surface area (Å²) in [5, 5.41) is 2.88. The Morgan fingerprint density at radius 3 is 2.52 bits per heavy atom. The van der Waals surface area contributed by atoms with E-state index in [-0.39, 0.29) is 5.91 Å². The number of hydrogen-bond acceptors (Lipinski definition) is 4. The van der Waals surface area contributed by atoms with Crippen molar-refractivity contribution in [3.8, 4) is 5.75 Å². The molecular weight excluding hydrogens is 404 g/mol. The molecule has 0 saturated carbocycles. The summed E-state index contributed by atoms with van der Waals surface area (Å²) in [5.74, 6) is 1.07. The molecule has 0 N–H and O–H groups in total. The third-order valence-corrected chi connectivity index (χ3v) is 6.13. The van der Waals surface area contributed by atoms with Crippen molar-refractivity contribution < 1.29 is 9.53 Å². The van der Waals surface area contributed by atoms with Crippen LogP contribution in [0.2, 0.25) is 0 Å². The molecule has 1 amide bonds. The Labute approximate surface area is 187 Å². The number of benzene rings is 3. The molecule has 0 aromatic heterocycles. The predicted octanol–water partition coefficient (Wildman–Crippen LogP) is 6.42. The second-order valence-electron chi connectivity index (χ2n) is 8.05. The number of thioether (sulfide) groups is 1. The third kappa shape index (κ3) is 4.52. The van der Waals surface area contributed by atoms with Crippen LogP contribution < -0.4 is 4.74 Å². The number of carbonyl (C=O) groups excluding carboxylic acids is 1. The van der Waals surface area contributed by atoms with Gasteiger partial charge in [0, 0.05) is 12.1 Å². The second kappa shape index (κ2) is 8.98. The topological polar surface area (TPSA) is 41.9 Å². The van der Waals surface area contributed by atoms with Crippen molar-refractivity contribution in [3.63, 3.8) is 0 Å². The van der Waals surface area contributed by atoms with Gasteiger partial charge in [0.1, 0.15) is 5.75 Å². The Morgan fingerprint density at radius 1 is 1.06 bits per heavy atom. The monoisotopic (exact) mass is 430 g/mol. The predicted molar refractivity (Wildman–Crippen MR) is 131 cm³/mol. The molecule has 5 heteroatoms. The lowest BCUT2D eigenvalue weighted by Crippen LogP contribution is -2.32. The van der Waals surface area contributed by atoms with E-state index in [9.17, 15) is 4.79 Å². The number of nitrogens with zero attached hydrogens (tertiary/aromatic N) is 2. The zero-order valence-electron chi connectivity index (χ0n) is 18.3. The van der Waals surface area contributed by atoms with E-state index in [0.29, 0.717) is 22.5 Å². The zero-order valence-corrected chi connectivity index (χ0v) is 19.1. The largest absolute Gasteiger partial charge is 0.496 e. The van der Waals surface area contributed by atoms with Crippen molar-refractivity contribution in [1.82, 2.24) is 4.90 Å². The van der Waals surface area contributed by atoms with E-state index in [2.05, 4.69) is 26.0 Å². The van der Waals surface area contributed by atoms with Gasteiger partial charge in [0.05, 0.1) is 17.7 Å². The number of aryl methyl sites for hydroxylation is 1. The summed E-state index contributed by atoms with van der Waals surface area (Å²) in [4.78, 5) is 20.6. The molecule has 0 unspecified atom stereocenters. The zero-order chi connectivity index (χ0) is 22.0. The van der Waals surface area contributed by atoms with Gasteiger partial charge >= 0.3 is 0 Å². The molecule has 1 saturated heterocycles. The van der Waals surface area contributed by atoms with E-state index in [1.807, 2.05) is 61.5 Å². The molecule has 0 spiro atoms. The highest BCUT2D eigenvalue weighted by Crippen LogP contribution is 2.38. The van der Waals surface area contributed by atoms with Crippen LogP contribution in [0.1, 0.15) is 25.0 Å². The molecule has 3 aromatic rings. The number of carbonyl (C=O) groups is 1. The number of rotatable bonds is 5. The lowest BCUT2D eigenvalue weighted by molar-refractivity contribution is -0.122. The van der Waals surface area contributed by atoms with Crippen molar-refractivity contribution in [2.24, 2.45) is 10.9 Å². The average Bonchev–Trinajstić information content (AvgIpc) is 3.04. The van der Waals surface area contributed by atoms with Crippen LogP contribution in [0.25, 0.3) is 16.8 Å². The maximum absolute atomic E-state index is 13.4. The van der Waals surface area contributed by atoms with E-state index in [4.69, 9.17) is 9.73 Å². The molecule has 0 aliphatic carbocycles. The highest BCUT2D eigenvalue weighted by atomic mass is 32.2. The smallest absolute Gasteiger partial charge is 0.266 e. The summed E-state index contributed by atoms with van der Waals surface area (Å²) in [5.41, 5.74) is 2.94. The Balaban J connectivity index is 1.79. The highest BCUT2D eigenvalue weighted by Gasteiger charge is 2.34. The van der Waals surface area contributed by atoms with Crippen molar-refractivity contribution in [3.05, 3.63) is 76.7 Å². The fraction of sp³-hybridized carbons (Fsp3) is 0.231. The minimum atomic E-state index is -0.0143. The number of fused-ring (bicyclic) bond motifs is 1. The van der Waals surface area contributed by atoms with E-state index >= 15 is 0 Å². The van der Waals surface area contributed by atoms with Gasteiger partial charge in [-0.3, -0.25) is 9.69 Å². The van der Waals surface area contributed by atoms with Crippen LogP contribution in [-0.2, 0) is 4.79 Å². The van der Waals surface area contributed by atoms with Crippen molar-refractivity contribution in [2.45, 2.75) is 20.8 Å². The number of amidine groups is 1. The molecule has 4 rings (SSSR count). The SMILES string of the molecule is COc1ccc2ccccc2c1/C=C1/SC(=Nc2ccc(C)cc2)N(CC(C)C)C1=O. The molecule has 1 heterocycles. The lowest BCUT2D eigenvalue weighted by Gasteiger charge is -2.17. The van der Waals surface area contributed by atoms with Gasteiger partial charge in [-0.25, -0.2) is 4.99 Å². The van der Waals surface area contributed by atoms with Crippen molar-refractivity contribution >= 4 is 45.4 Å². The van der Waals surface area contributed by atoms with Gasteiger partial charge in [0.15, 0.2) is 5.17 Å². The summed E-state index contributed by atoms with van der Waals surface area (Å²) in [6.07, 6.45) is 1.94. The number of aliphatic imine (C=N–C) groups is 1. The van der Waals surface area contributed by atoms with Crippen LogP contribution in [0.3, 0.4) is 0 Å². The van der Waals surface area contributed by atoms with Crippen LogP contribution in [0.4, 0.5) is 5.69 Å². The molecule has 1 fully saturated rings. The molecule has 4 nitrogen and oxygen atoms in total. The van der Waals surface area contributed by atoms with Gasteiger partial charge in [-0.2, -0.15) is 0 Å². The summed E-state index contributed by atoms with van der Waals surface area (Å²) in [7, 11) is 1.66. The van der Waals surface area contributed by atoms with Crippen LogP contribution in [0, 0.1) is 12.8 Å².